The number of nitrogens with one attached hydrogen (secondary N) is 1. The second kappa shape index (κ2) is 8.06. The third-order valence-electron chi connectivity index (χ3n) is 4.86. The van der Waals surface area contributed by atoms with E-state index >= 15 is 0 Å². The van der Waals surface area contributed by atoms with Crippen LogP contribution in [-0.2, 0) is 18.0 Å². The van der Waals surface area contributed by atoms with Gasteiger partial charge in [-0.1, -0.05) is 6.92 Å². The van der Waals surface area contributed by atoms with E-state index in [2.05, 4.69) is 29.1 Å². The lowest BCUT2D eigenvalue weighted by atomic mass is 9.87. The summed E-state index contributed by atoms with van der Waals surface area (Å²) >= 11 is 5.94. The number of aliphatic hydroxyl groups is 2. The average Bonchev–Trinajstić information content (AvgIpc) is 3.12. The highest BCUT2D eigenvalue weighted by Crippen LogP contribution is 2.59. The molecule has 1 saturated carbocycles. The first-order valence-electron chi connectivity index (χ1n) is 8.44. The number of phosphoric acid groups is 2. The zero-order valence-corrected chi connectivity index (χ0v) is 18.2. The van der Waals surface area contributed by atoms with E-state index in [9.17, 15) is 24.2 Å². The Balaban J connectivity index is 1.87. The van der Waals surface area contributed by atoms with Gasteiger partial charge in [0.2, 0.25) is 5.28 Å². The van der Waals surface area contributed by atoms with Gasteiger partial charge >= 0.3 is 15.6 Å². The monoisotopic (exact) mass is 487 g/mol. The summed E-state index contributed by atoms with van der Waals surface area (Å²) in [5.41, 5.74) is -0.609. The summed E-state index contributed by atoms with van der Waals surface area (Å²) in [5.74, 6) is 0.360. The molecular formula is C13H20ClN5O9P2. The van der Waals surface area contributed by atoms with Crippen LogP contribution in [0.2, 0.25) is 5.28 Å². The van der Waals surface area contributed by atoms with Crippen molar-refractivity contribution < 1.29 is 42.9 Å². The minimum absolute atomic E-state index is 0.0349. The molecule has 1 fully saturated rings. The molecule has 2 heterocycles. The molecule has 2 aromatic rings. The fourth-order valence-corrected chi connectivity index (χ4v) is 5.33. The van der Waals surface area contributed by atoms with Gasteiger partial charge in [-0.2, -0.15) is 14.3 Å². The molecule has 5 atom stereocenters. The fraction of sp³-hybridized carbons (Fsp3) is 0.615. The van der Waals surface area contributed by atoms with Crippen LogP contribution in [0.5, 0.6) is 0 Å². The number of rotatable bonds is 7. The third kappa shape index (κ3) is 4.68. The number of hydrogen-bond acceptors (Lipinski definition) is 10. The first-order chi connectivity index (χ1) is 13.8. The van der Waals surface area contributed by atoms with Crippen LogP contribution in [0.3, 0.4) is 0 Å². The average molecular weight is 488 g/mol. The highest BCUT2D eigenvalue weighted by atomic mass is 35.5. The first-order valence-corrected chi connectivity index (χ1v) is 11.8. The van der Waals surface area contributed by atoms with Gasteiger partial charge in [0.25, 0.3) is 0 Å². The van der Waals surface area contributed by atoms with Crippen molar-refractivity contribution in [3.05, 3.63) is 11.6 Å². The van der Waals surface area contributed by atoms with Crippen LogP contribution in [0.15, 0.2) is 6.33 Å². The predicted molar refractivity (Wildman–Crippen MR) is 103 cm³/mol. The normalized spacial score (nSPS) is 29.3. The molecule has 0 saturated heterocycles. The van der Waals surface area contributed by atoms with E-state index in [0.29, 0.717) is 17.0 Å². The summed E-state index contributed by atoms with van der Waals surface area (Å²) in [7, 11) is -8.78. The number of halogens is 1. The molecule has 30 heavy (non-hydrogen) atoms. The molecule has 2 aromatic heterocycles. The quantitative estimate of drug-likeness (QED) is 0.231. The Labute approximate surface area is 174 Å². The minimum Gasteiger partial charge on any atom is -0.390 e. The van der Waals surface area contributed by atoms with Crippen molar-refractivity contribution in [3.8, 4) is 0 Å². The van der Waals surface area contributed by atoms with Crippen molar-refractivity contribution in [3.63, 3.8) is 0 Å². The van der Waals surface area contributed by atoms with E-state index in [1.165, 1.54) is 17.8 Å². The number of imidazole rings is 1. The van der Waals surface area contributed by atoms with Gasteiger partial charge in [0.05, 0.1) is 25.1 Å². The molecule has 0 radical (unpaired) electrons. The van der Waals surface area contributed by atoms with Gasteiger partial charge < -0.3 is 34.8 Å². The maximum Gasteiger partial charge on any atom is 0.481 e. The lowest BCUT2D eigenvalue weighted by Crippen LogP contribution is -2.37. The molecule has 0 bridgehead atoms. The van der Waals surface area contributed by atoms with Crippen LogP contribution >= 0.6 is 27.2 Å². The number of fused-ring (bicyclic) bond motifs is 1. The number of aromatic nitrogens is 4. The summed E-state index contributed by atoms with van der Waals surface area (Å²) in [6, 6.07) is -0.768. The third-order valence-corrected chi connectivity index (χ3v) is 7.16. The van der Waals surface area contributed by atoms with E-state index in [4.69, 9.17) is 21.4 Å². The van der Waals surface area contributed by atoms with E-state index in [1.807, 2.05) is 0 Å². The Kier molecular flexibility index (Phi) is 6.31. The maximum absolute atomic E-state index is 11.7. The van der Waals surface area contributed by atoms with Crippen LogP contribution in [0.1, 0.15) is 19.4 Å². The van der Waals surface area contributed by atoms with Crippen LogP contribution in [0.4, 0.5) is 5.82 Å². The van der Waals surface area contributed by atoms with Gasteiger partial charge in [-0.05, 0) is 18.0 Å². The lowest BCUT2D eigenvalue weighted by Gasteiger charge is -2.28. The van der Waals surface area contributed by atoms with E-state index in [-0.39, 0.29) is 11.7 Å². The minimum atomic E-state index is -5.28. The molecule has 17 heteroatoms. The Morgan fingerprint density at radius 1 is 1.33 bits per heavy atom. The van der Waals surface area contributed by atoms with Gasteiger partial charge in [-0.25, -0.2) is 14.1 Å². The Hall–Kier alpha value is -1.18. The van der Waals surface area contributed by atoms with E-state index in [0.717, 1.165) is 0 Å². The molecule has 6 N–H and O–H groups in total. The molecule has 0 aliphatic heterocycles. The van der Waals surface area contributed by atoms with Crippen molar-refractivity contribution >= 4 is 44.2 Å². The van der Waals surface area contributed by atoms with Gasteiger partial charge in [-0.3, -0.25) is 4.52 Å². The molecule has 1 aliphatic rings. The predicted octanol–water partition coefficient (Wildman–Crippen LogP) is 0.421. The first kappa shape index (κ1) is 23.5. The van der Waals surface area contributed by atoms with Gasteiger partial charge in [0.15, 0.2) is 17.0 Å². The highest BCUT2D eigenvalue weighted by Gasteiger charge is 2.52. The number of phosphoric ester groups is 1. The molecule has 3 rings (SSSR count). The van der Waals surface area contributed by atoms with Crippen LogP contribution in [0.25, 0.3) is 11.2 Å². The molecule has 168 valence electrons. The summed E-state index contributed by atoms with van der Waals surface area (Å²) in [5, 5.41) is 23.9. The van der Waals surface area contributed by atoms with Crippen LogP contribution in [-0.4, -0.2) is 70.3 Å². The number of hydrogen-bond donors (Lipinski definition) is 6. The molecule has 0 aromatic carbocycles. The van der Waals surface area contributed by atoms with Crippen molar-refractivity contribution in [2.45, 2.75) is 31.6 Å². The second-order valence-corrected chi connectivity index (χ2v) is 10.3. The van der Waals surface area contributed by atoms with Gasteiger partial charge in [0, 0.05) is 12.5 Å². The molecule has 0 amide bonds. The fourth-order valence-electron chi connectivity index (χ4n) is 3.44. The number of aliphatic hydroxyl groups excluding tert-OH is 2. The Morgan fingerprint density at radius 3 is 2.60 bits per heavy atom. The summed E-state index contributed by atoms with van der Waals surface area (Å²) < 4.78 is 32.4. The summed E-state index contributed by atoms with van der Waals surface area (Å²) in [6.45, 7) is 0.831. The Morgan fingerprint density at radius 2 is 2.00 bits per heavy atom. The van der Waals surface area contributed by atoms with Crippen molar-refractivity contribution in [2.24, 2.45) is 5.41 Å². The smallest absolute Gasteiger partial charge is 0.390 e. The van der Waals surface area contributed by atoms with Gasteiger partial charge in [-0.15, -0.1) is 0 Å². The molecule has 1 aliphatic carbocycles. The van der Waals surface area contributed by atoms with E-state index in [1.54, 1.807) is 7.05 Å². The second-order valence-electron chi connectivity index (χ2n) is 7.09. The molecule has 0 spiro atoms. The van der Waals surface area contributed by atoms with Crippen molar-refractivity contribution in [1.82, 2.24) is 19.5 Å². The van der Waals surface area contributed by atoms with Gasteiger partial charge in [0.1, 0.15) is 6.10 Å². The zero-order chi connectivity index (χ0) is 22.5. The van der Waals surface area contributed by atoms with Crippen molar-refractivity contribution in [2.75, 3.05) is 19.0 Å². The summed E-state index contributed by atoms with van der Waals surface area (Å²) in [4.78, 5) is 39.2. The molecule has 1 unspecified atom stereocenters. The SMILES string of the molecule is CNc1nc(Cl)nc2c1ncn2[C@@H]1C[C@](C)(COP(=O)(O)OP(=O)(O)O)[C@@H](O)[C@H]1O. The Bertz CT molecular complexity index is 1050. The standard InChI is InChI=1S/C13H20ClN5O9P2/c1-13(4-27-30(25,26)28-29(22,23)24)3-6(8(20)9(13)21)19-5-16-7-10(15-2)17-12(14)18-11(7)19/h5-6,8-9,20-21H,3-4H2,1-2H3,(H,25,26)(H,15,17,18)(H2,22,23,24)/t6-,8+,9+,13-/m1/s1. The largest absolute Gasteiger partial charge is 0.481 e. The van der Waals surface area contributed by atoms with Crippen LogP contribution < -0.4 is 5.32 Å². The molecular weight excluding hydrogens is 468 g/mol. The number of anilines is 1. The summed E-state index contributed by atoms with van der Waals surface area (Å²) in [6.07, 6.45) is -1.34. The lowest BCUT2D eigenvalue weighted by molar-refractivity contribution is -0.0397. The van der Waals surface area contributed by atoms with E-state index < -0.39 is 45.9 Å². The maximum atomic E-state index is 11.7. The highest BCUT2D eigenvalue weighted by molar-refractivity contribution is 7.60. The topological polar surface area (TPSA) is 209 Å². The van der Waals surface area contributed by atoms with Crippen LogP contribution in [0, 0.1) is 5.41 Å². The number of nitrogens with zero attached hydrogens (tertiary/aromatic N) is 4. The zero-order valence-electron chi connectivity index (χ0n) is 15.7. The van der Waals surface area contributed by atoms with Crippen molar-refractivity contribution in [1.29, 1.82) is 0 Å². The molecule has 14 nitrogen and oxygen atoms in total.